The van der Waals surface area contributed by atoms with Gasteiger partial charge in [-0.15, -0.1) is 0 Å². The molecule has 4 unspecified atom stereocenters. The van der Waals surface area contributed by atoms with E-state index in [4.69, 9.17) is 18.9 Å². The van der Waals surface area contributed by atoms with Crippen molar-refractivity contribution in [3.8, 4) is 11.5 Å². The summed E-state index contributed by atoms with van der Waals surface area (Å²) >= 11 is 0. The fourth-order valence-corrected chi connectivity index (χ4v) is 5.19. The Kier molecular flexibility index (Phi) is 7.27. The van der Waals surface area contributed by atoms with E-state index in [1.165, 1.54) is 0 Å². The maximum Gasteiger partial charge on any atom is 0.290 e. The molecular formula is C26H35NO6. The molecule has 0 N–H and O–H groups in total. The van der Waals surface area contributed by atoms with Crippen molar-refractivity contribution in [1.29, 1.82) is 0 Å². The predicted molar refractivity (Wildman–Crippen MR) is 123 cm³/mol. The highest BCUT2D eigenvalue weighted by Gasteiger charge is 2.52. The van der Waals surface area contributed by atoms with E-state index in [1.807, 2.05) is 25.1 Å². The zero-order valence-corrected chi connectivity index (χ0v) is 20.1. The van der Waals surface area contributed by atoms with Crippen LogP contribution < -0.4 is 9.47 Å². The van der Waals surface area contributed by atoms with Crippen molar-refractivity contribution in [2.45, 2.75) is 58.6 Å². The highest BCUT2D eigenvalue weighted by Crippen LogP contribution is 2.48. The Labute approximate surface area is 196 Å². The number of nitrogens with zero attached hydrogens (tertiary/aromatic N) is 1. The molecule has 3 aliphatic rings. The zero-order valence-electron chi connectivity index (χ0n) is 20.1. The van der Waals surface area contributed by atoms with Gasteiger partial charge >= 0.3 is 0 Å². The first kappa shape index (κ1) is 23.6. The number of carbonyl (C=O) groups is 2. The number of rotatable bonds is 9. The van der Waals surface area contributed by atoms with Gasteiger partial charge < -0.3 is 23.8 Å². The minimum Gasteiger partial charge on any atom is -0.490 e. The van der Waals surface area contributed by atoms with E-state index in [0.29, 0.717) is 49.4 Å². The molecule has 180 valence electrons. The fraction of sp³-hybridized carbons (Fsp3) is 0.615. The highest BCUT2D eigenvalue weighted by atomic mass is 16.5. The van der Waals surface area contributed by atoms with E-state index in [9.17, 15) is 9.59 Å². The van der Waals surface area contributed by atoms with Gasteiger partial charge in [-0.3, -0.25) is 9.59 Å². The molecule has 1 aromatic carbocycles. The molecule has 4 rings (SSSR count). The molecule has 2 heterocycles. The third-order valence-electron chi connectivity index (χ3n) is 6.79. The SMILES string of the molecule is CCCOc1ccc(C2C3=C(OC4CCC(C)CC4C3=O)C(=O)N2CCOC)cc1OCC. The summed E-state index contributed by atoms with van der Waals surface area (Å²) in [5, 5.41) is 0. The molecule has 0 spiro atoms. The van der Waals surface area contributed by atoms with Gasteiger partial charge in [-0.2, -0.15) is 0 Å². The van der Waals surface area contributed by atoms with Crippen LogP contribution in [0.4, 0.5) is 0 Å². The van der Waals surface area contributed by atoms with Crippen LogP contribution >= 0.6 is 0 Å². The topological polar surface area (TPSA) is 74.3 Å². The van der Waals surface area contributed by atoms with Crippen molar-refractivity contribution in [2.24, 2.45) is 11.8 Å². The van der Waals surface area contributed by atoms with E-state index >= 15 is 0 Å². The molecule has 7 heteroatoms. The molecule has 1 amide bonds. The Morgan fingerprint density at radius 1 is 1.09 bits per heavy atom. The molecule has 7 nitrogen and oxygen atoms in total. The Bertz CT molecular complexity index is 925. The van der Waals surface area contributed by atoms with E-state index in [1.54, 1.807) is 12.0 Å². The molecule has 1 saturated carbocycles. The Hall–Kier alpha value is -2.54. The van der Waals surface area contributed by atoms with Crippen LogP contribution in [0, 0.1) is 11.8 Å². The van der Waals surface area contributed by atoms with Crippen LogP contribution in [0.15, 0.2) is 29.5 Å². The Morgan fingerprint density at radius 2 is 1.91 bits per heavy atom. The second-order valence-electron chi connectivity index (χ2n) is 9.17. The van der Waals surface area contributed by atoms with E-state index < -0.39 is 6.04 Å². The summed E-state index contributed by atoms with van der Waals surface area (Å²) in [6.07, 6.45) is 3.30. The van der Waals surface area contributed by atoms with Crippen LogP contribution in [0.5, 0.6) is 11.5 Å². The second kappa shape index (κ2) is 10.2. The number of hydrogen-bond donors (Lipinski definition) is 0. The summed E-state index contributed by atoms with van der Waals surface area (Å²) < 4.78 is 23.2. The lowest BCUT2D eigenvalue weighted by Crippen LogP contribution is -2.41. The molecule has 1 fully saturated rings. The molecule has 0 bridgehead atoms. The summed E-state index contributed by atoms with van der Waals surface area (Å²) in [5.74, 6) is 1.60. The number of carbonyl (C=O) groups excluding carboxylic acids is 2. The van der Waals surface area contributed by atoms with E-state index in [0.717, 1.165) is 31.2 Å². The van der Waals surface area contributed by atoms with Crippen molar-refractivity contribution in [3.05, 3.63) is 35.1 Å². The standard InChI is InChI=1S/C26H35NO6/c1-5-12-32-20-10-8-17(15-21(20)31-6-2)23-22-24(28)18-14-16(3)7-9-19(18)33-25(22)26(29)27(23)11-13-30-4/h8,10,15-16,18-19,23H,5-7,9,11-14H2,1-4H3. The van der Waals surface area contributed by atoms with Gasteiger partial charge in [-0.05, 0) is 56.2 Å². The average molecular weight is 458 g/mol. The molecule has 0 radical (unpaired) electrons. The van der Waals surface area contributed by atoms with Crippen molar-refractivity contribution in [2.75, 3.05) is 33.5 Å². The van der Waals surface area contributed by atoms with Gasteiger partial charge in [0.15, 0.2) is 23.0 Å². The van der Waals surface area contributed by atoms with Gasteiger partial charge in [0.1, 0.15) is 6.10 Å². The van der Waals surface area contributed by atoms with Gasteiger partial charge in [0.2, 0.25) is 0 Å². The lowest BCUT2D eigenvalue weighted by Gasteiger charge is -2.37. The summed E-state index contributed by atoms with van der Waals surface area (Å²) in [6, 6.07) is 5.16. The molecule has 2 aliphatic heterocycles. The molecule has 0 saturated heterocycles. The van der Waals surface area contributed by atoms with Gasteiger partial charge in [0, 0.05) is 13.7 Å². The summed E-state index contributed by atoms with van der Waals surface area (Å²) in [4.78, 5) is 28.9. The predicted octanol–water partition coefficient (Wildman–Crippen LogP) is 4.06. The fourth-order valence-electron chi connectivity index (χ4n) is 5.19. The first-order chi connectivity index (χ1) is 16.0. The Balaban J connectivity index is 1.75. The number of fused-ring (bicyclic) bond motifs is 1. The minimum absolute atomic E-state index is 0.0512. The van der Waals surface area contributed by atoms with E-state index in [-0.39, 0.29) is 29.5 Å². The number of benzene rings is 1. The second-order valence-corrected chi connectivity index (χ2v) is 9.17. The highest BCUT2D eigenvalue weighted by molar-refractivity contribution is 6.11. The van der Waals surface area contributed by atoms with Crippen LogP contribution in [-0.2, 0) is 19.1 Å². The smallest absolute Gasteiger partial charge is 0.290 e. The number of Topliss-reactive ketones (excluding diaryl/α,β-unsaturated/α-hetero) is 1. The van der Waals surface area contributed by atoms with Crippen molar-refractivity contribution >= 4 is 11.7 Å². The molecule has 33 heavy (non-hydrogen) atoms. The maximum atomic E-state index is 13.8. The summed E-state index contributed by atoms with van der Waals surface area (Å²) in [6.45, 7) is 7.96. The van der Waals surface area contributed by atoms with Crippen LogP contribution in [0.3, 0.4) is 0 Å². The van der Waals surface area contributed by atoms with Crippen molar-refractivity contribution < 1.29 is 28.5 Å². The number of methoxy groups -OCH3 is 1. The largest absolute Gasteiger partial charge is 0.490 e. The van der Waals surface area contributed by atoms with Crippen LogP contribution in [0.25, 0.3) is 0 Å². The average Bonchev–Trinajstić information content (AvgIpc) is 3.09. The summed E-state index contributed by atoms with van der Waals surface area (Å²) in [7, 11) is 1.60. The van der Waals surface area contributed by atoms with Gasteiger partial charge in [0.25, 0.3) is 5.91 Å². The number of ketones is 1. The minimum atomic E-state index is -0.521. The van der Waals surface area contributed by atoms with Crippen molar-refractivity contribution in [3.63, 3.8) is 0 Å². The lowest BCUT2D eigenvalue weighted by molar-refractivity contribution is -0.136. The molecule has 1 aliphatic carbocycles. The van der Waals surface area contributed by atoms with Crippen LogP contribution in [0.1, 0.15) is 58.1 Å². The van der Waals surface area contributed by atoms with Gasteiger partial charge in [-0.1, -0.05) is 19.9 Å². The third-order valence-corrected chi connectivity index (χ3v) is 6.79. The van der Waals surface area contributed by atoms with Crippen LogP contribution in [0.2, 0.25) is 0 Å². The quantitative estimate of drug-likeness (QED) is 0.557. The molecular weight excluding hydrogens is 422 g/mol. The normalized spacial score (nSPS) is 26.7. The summed E-state index contributed by atoms with van der Waals surface area (Å²) in [5.41, 5.74) is 1.30. The molecule has 0 aromatic heterocycles. The third kappa shape index (κ3) is 4.47. The van der Waals surface area contributed by atoms with Crippen molar-refractivity contribution in [1.82, 2.24) is 4.90 Å². The number of hydrogen-bond acceptors (Lipinski definition) is 6. The Morgan fingerprint density at radius 3 is 2.64 bits per heavy atom. The first-order valence-corrected chi connectivity index (χ1v) is 12.1. The molecule has 1 aromatic rings. The first-order valence-electron chi connectivity index (χ1n) is 12.1. The monoisotopic (exact) mass is 457 g/mol. The zero-order chi connectivity index (χ0) is 23.5. The van der Waals surface area contributed by atoms with Gasteiger partial charge in [0.05, 0.1) is 37.4 Å². The van der Waals surface area contributed by atoms with E-state index in [2.05, 4.69) is 13.8 Å². The number of amides is 1. The van der Waals surface area contributed by atoms with Crippen LogP contribution in [-0.4, -0.2) is 56.2 Å². The number of ether oxygens (including phenoxy) is 4. The lowest BCUT2D eigenvalue weighted by atomic mass is 9.74. The molecule has 4 atom stereocenters. The maximum absolute atomic E-state index is 13.8. The van der Waals surface area contributed by atoms with Gasteiger partial charge in [-0.25, -0.2) is 0 Å².